The fourth-order valence-corrected chi connectivity index (χ4v) is 3.90. The van der Waals surface area contributed by atoms with Crippen molar-refractivity contribution in [1.29, 1.82) is 0 Å². The van der Waals surface area contributed by atoms with Crippen LogP contribution in [0.5, 0.6) is 5.75 Å². The molecule has 1 aromatic rings. The number of rotatable bonds is 4. The van der Waals surface area contributed by atoms with Crippen LogP contribution in [-0.4, -0.2) is 55.0 Å². The number of hydrogen-bond donors (Lipinski definition) is 0. The summed E-state index contributed by atoms with van der Waals surface area (Å²) < 4.78 is 5.45. The van der Waals surface area contributed by atoms with E-state index < -0.39 is 0 Å². The molecule has 0 atom stereocenters. The number of ether oxygens (including phenoxy) is 1. The van der Waals surface area contributed by atoms with Crippen LogP contribution < -0.4 is 4.74 Å². The Balaban J connectivity index is 1.49. The first kappa shape index (κ1) is 15.0. The van der Waals surface area contributed by atoms with Crippen molar-refractivity contribution >= 4 is 5.91 Å². The van der Waals surface area contributed by atoms with Crippen LogP contribution in [0.1, 0.15) is 36.8 Å². The average molecular weight is 314 g/mol. The molecule has 1 aromatic carbocycles. The van der Waals surface area contributed by atoms with Crippen LogP contribution in [0.25, 0.3) is 0 Å². The summed E-state index contributed by atoms with van der Waals surface area (Å²) in [5, 5.41) is 0. The normalized spacial score (nSPS) is 23.7. The molecule has 0 radical (unpaired) electrons. The highest BCUT2D eigenvalue weighted by molar-refractivity contribution is 5.91. The quantitative estimate of drug-likeness (QED) is 0.855. The third-order valence-corrected chi connectivity index (χ3v) is 5.78. The van der Waals surface area contributed by atoms with E-state index in [0.717, 1.165) is 61.9 Å². The first-order valence-electron chi connectivity index (χ1n) is 8.82. The summed E-state index contributed by atoms with van der Waals surface area (Å²) in [6.07, 6.45) is 4.64. The van der Waals surface area contributed by atoms with E-state index in [1.165, 1.54) is 12.8 Å². The van der Waals surface area contributed by atoms with Gasteiger partial charge in [0.05, 0.1) is 12.5 Å². The zero-order valence-corrected chi connectivity index (χ0v) is 14.2. The molecule has 4 heteroatoms. The van der Waals surface area contributed by atoms with Gasteiger partial charge in [0, 0.05) is 32.2 Å². The van der Waals surface area contributed by atoms with E-state index in [1.807, 2.05) is 6.92 Å². The monoisotopic (exact) mass is 314 g/mol. The maximum absolute atomic E-state index is 13.1. The number of benzene rings is 1. The van der Waals surface area contributed by atoms with Crippen LogP contribution in [0.4, 0.5) is 0 Å². The minimum absolute atomic E-state index is 0.275. The van der Waals surface area contributed by atoms with Gasteiger partial charge in [0.2, 0.25) is 5.91 Å². The first-order chi connectivity index (χ1) is 11.1. The molecule has 1 heterocycles. The SMILES string of the molecule is COc1cc(C2(C(=O)N3CCN(C4CC4)CC3)CC2)ccc1C. The van der Waals surface area contributed by atoms with Crippen LogP contribution in [-0.2, 0) is 10.2 Å². The number of nitrogens with zero attached hydrogens (tertiary/aromatic N) is 2. The van der Waals surface area contributed by atoms with E-state index in [0.29, 0.717) is 5.91 Å². The lowest BCUT2D eigenvalue weighted by Crippen LogP contribution is -2.52. The van der Waals surface area contributed by atoms with Gasteiger partial charge in [-0.1, -0.05) is 12.1 Å². The van der Waals surface area contributed by atoms with Gasteiger partial charge in [-0.2, -0.15) is 0 Å². The first-order valence-corrected chi connectivity index (χ1v) is 8.82. The molecule has 4 rings (SSSR count). The van der Waals surface area contributed by atoms with Crippen LogP contribution in [0.3, 0.4) is 0 Å². The Labute approximate surface area is 138 Å². The molecule has 3 aliphatic rings. The highest BCUT2D eigenvalue weighted by atomic mass is 16.5. The Morgan fingerprint density at radius 3 is 2.43 bits per heavy atom. The van der Waals surface area contributed by atoms with Crippen LogP contribution in [0, 0.1) is 6.92 Å². The van der Waals surface area contributed by atoms with Gasteiger partial charge in [-0.3, -0.25) is 9.69 Å². The van der Waals surface area contributed by atoms with Crippen molar-refractivity contribution < 1.29 is 9.53 Å². The van der Waals surface area contributed by atoms with E-state index in [-0.39, 0.29) is 5.41 Å². The lowest BCUT2D eigenvalue weighted by molar-refractivity contribution is -0.135. The molecule has 0 unspecified atom stereocenters. The predicted octanol–water partition coefficient (Wildman–Crippen LogP) is 2.34. The largest absolute Gasteiger partial charge is 0.496 e. The summed E-state index contributed by atoms with van der Waals surface area (Å²) in [6.45, 7) is 5.91. The van der Waals surface area contributed by atoms with Crippen LogP contribution in [0.15, 0.2) is 18.2 Å². The molecule has 0 aromatic heterocycles. The zero-order valence-electron chi connectivity index (χ0n) is 14.2. The molecular weight excluding hydrogens is 288 g/mol. The second kappa shape index (κ2) is 5.52. The molecule has 1 aliphatic heterocycles. The van der Waals surface area contributed by atoms with E-state index >= 15 is 0 Å². The number of piperazine rings is 1. The molecule has 1 amide bonds. The van der Waals surface area contributed by atoms with Crippen LogP contribution >= 0.6 is 0 Å². The molecule has 2 saturated carbocycles. The summed E-state index contributed by atoms with van der Waals surface area (Å²) in [5.74, 6) is 1.22. The van der Waals surface area contributed by atoms with Crippen molar-refractivity contribution in [2.24, 2.45) is 0 Å². The number of amides is 1. The lowest BCUT2D eigenvalue weighted by atomic mass is 9.92. The van der Waals surface area contributed by atoms with Crippen molar-refractivity contribution in [2.75, 3.05) is 33.3 Å². The highest BCUT2D eigenvalue weighted by Crippen LogP contribution is 2.50. The topological polar surface area (TPSA) is 32.8 Å². The van der Waals surface area contributed by atoms with Gasteiger partial charge in [0.25, 0.3) is 0 Å². The molecule has 124 valence electrons. The Bertz CT molecular complexity index is 612. The number of carbonyl (C=O) groups excluding carboxylic acids is 1. The van der Waals surface area contributed by atoms with Gasteiger partial charge in [0.1, 0.15) is 5.75 Å². The van der Waals surface area contributed by atoms with E-state index in [9.17, 15) is 4.79 Å². The van der Waals surface area contributed by atoms with Gasteiger partial charge in [-0.25, -0.2) is 0 Å². The second-order valence-electron chi connectivity index (χ2n) is 7.33. The number of hydrogen-bond acceptors (Lipinski definition) is 3. The van der Waals surface area contributed by atoms with Crippen molar-refractivity contribution in [3.05, 3.63) is 29.3 Å². The summed E-state index contributed by atoms with van der Waals surface area (Å²) in [4.78, 5) is 17.8. The number of methoxy groups -OCH3 is 1. The maximum Gasteiger partial charge on any atom is 0.233 e. The number of carbonyl (C=O) groups is 1. The Hall–Kier alpha value is -1.55. The Kier molecular flexibility index (Phi) is 3.60. The third kappa shape index (κ3) is 2.63. The summed E-state index contributed by atoms with van der Waals surface area (Å²) in [6, 6.07) is 7.07. The fourth-order valence-electron chi connectivity index (χ4n) is 3.90. The second-order valence-corrected chi connectivity index (χ2v) is 7.33. The van der Waals surface area contributed by atoms with Gasteiger partial charge < -0.3 is 9.64 Å². The van der Waals surface area contributed by atoms with E-state index in [4.69, 9.17) is 4.74 Å². The predicted molar refractivity (Wildman–Crippen MR) is 89.8 cm³/mol. The van der Waals surface area contributed by atoms with Crippen molar-refractivity contribution in [3.8, 4) is 5.75 Å². The van der Waals surface area contributed by atoms with Crippen molar-refractivity contribution in [3.63, 3.8) is 0 Å². The van der Waals surface area contributed by atoms with E-state index in [1.54, 1.807) is 7.11 Å². The van der Waals surface area contributed by atoms with Gasteiger partial charge >= 0.3 is 0 Å². The minimum Gasteiger partial charge on any atom is -0.496 e. The standard InChI is InChI=1S/C19H26N2O2/c1-14-3-4-15(13-17(14)23-2)19(7-8-19)18(22)21-11-9-20(10-12-21)16-5-6-16/h3-4,13,16H,5-12H2,1-2H3. The molecule has 2 aliphatic carbocycles. The van der Waals surface area contributed by atoms with Crippen molar-refractivity contribution in [2.45, 2.75) is 44.1 Å². The summed E-state index contributed by atoms with van der Waals surface area (Å²) in [7, 11) is 1.70. The summed E-state index contributed by atoms with van der Waals surface area (Å²) >= 11 is 0. The van der Waals surface area contributed by atoms with Gasteiger partial charge in [-0.05, 0) is 49.8 Å². The highest BCUT2D eigenvalue weighted by Gasteiger charge is 2.53. The zero-order chi connectivity index (χ0) is 16.0. The molecule has 0 N–H and O–H groups in total. The Morgan fingerprint density at radius 2 is 1.87 bits per heavy atom. The number of aryl methyl sites for hydroxylation is 1. The third-order valence-electron chi connectivity index (χ3n) is 5.78. The van der Waals surface area contributed by atoms with E-state index in [2.05, 4.69) is 28.0 Å². The Morgan fingerprint density at radius 1 is 1.17 bits per heavy atom. The fraction of sp³-hybridized carbons (Fsp3) is 0.632. The smallest absolute Gasteiger partial charge is 0.233 e. The van der Waals surface area contributed by atoms with Crippen molar-refractivity contribution in [1.82, 2.24) is 9.80 Å². The molecule has 1 saturated heterocycles. The van der Waals surface area contributed by atoms with Gasteiger partial charge in [-0.15, -0.1) is 0 Å². The molecule has 3 fully saturated rings. The average Bonchev–Trinajstić information content (AvgIpc) is 3.48. The molecular formula is C19H26N2O2. The summed E-state index contributed by atoms with van der Waals surface area (Å²) in [5.41, 5.74) is 1.98. The lowest BCUT2D eigenvalue weighted by Gasteiger charge is -2.37. The van der Waals surface area contributed by atoms with Gasteiger partial charge in [0.15, 0.2) is 0 Å². The molecule has 23 heavy (non-hydrogen) atoms. The maximum atomic E-state index is 13.1. The molecule has 0 spiro atoms. The van der Waals surface area contributed by atoms with Crippen LogP contribution in [0.2, 0.25) is 0 Å². The minimum atomic E-state index is -0.275. The molecule has 4 nitrogen and oxygen atoms in total. The molecule has 0 bridgehead atoms.